The predicted molar refractivity (Wildman–Crippen MR) is 48.5 cm³/mol. The van der Waals surface area contributed by atoms with Crippen LogP contribution in [0, 0.1) is 0 Å². The molecule has 0 aliphatic heterocycles. The average molecular weight is 211 g/mol. The van der Waals surface area contributed by atoms with Crippen molar-refractivity contribution in [2.24, 2.45) is 0 Å². The van der Waals surface area contributed by atoms with Gasteiger partial charge in [0.15, 0.2) is 0 Å². The molecule has 0 aromatic carbocycles. The van der Waals surface area contributed by atoms with E-state index >= 15 is 0 Å². The van der Waals surface area contributed by atoms with Gasteiger partial charge in [0.05, 0.1) is 0 Å². The molecule has 1 aliphatic rings. The van der Waals surface area contributed by atoms with Crippen LogP contribution < -0.4 is 11.0 Å². The lowest BCUT2D eigenvalue weighted by Crippen LogP contribution is -2.43. The molecule has 7 heteroatoms. The van der Waals surface area contributed by atoms with E-state index in [-0.39, 0.29) is 5.69 Å². The summed E-state index contributed by atoms with van der Waals surface area (Å²) in [6.07, 6.45) is 2.04. The minimum Gasteiger partial charge on any atom is -0.480 e. The number of rotatable bonds is 3. The van der Waals surface area contributed by atoms with Gasteiger partial charge in [-0.25, -0.2) is 9.59 Å². The van der Waals surface area contributed by atoms with Gasteiger partial charge in [0.1, 0.15) is 11.2 Å². The fourth-order valence-electron chi connectivity index (χ4n) is 1.26. The van der Waals surface area contributed by atoms with Crippen molar-refractivity contribution >= 4 is 11.9 Å². The van der Waals surface area contributed by atoms with Crippen LogP contribution in [0.15, 0.2) is 11.0 Å². The van der Waals surface area contributed by atoms with E-state index in [1.165, 1.54) is 6.20 Å². The van der Waals surface area contributed by atoms with E-state index in [2.05, 4.69) is 15.3 Å². The molecule has 1 fully saturated rings. The zero-order valence-corrected chi connectivity index (χ0v) is 7.66. The maximum atomic E-state index is 11.5. The summed E-state index contributed by atoms with van der Waals surface area (Å²) >= 11 is 0. The fraction of sp³-hybridized carbons (Fsp3) is 0.375. The Morgan fingerprint density at radius 1 is 1.47 bits per heavy atom. The lowest BCUT2D eigenvalue weighted by Gasteiger charge is -2.10. The molecule has 1 aliphatic carbocycles. The van der Waals surface area contributed by atoms with Crippen molar-refractivity contribution in [3.63, 3.8) is 0 Å². The van der Waals surface area contributed by atoms with Gasteiger partial charge in [-0.2, -0.15) is 0 Å². The first-order valence-electron chi connectivity index (χ1n) is 4.37. The summed E-state index contributed by atoms with van der Waals surface area (Å²) in [5, 5.41) is 11.2. The highest BCUT2D eigenvalue weighted by molar-refractivity contribution is 5.97. The first-order chi connectivity index (χ1) is 7.03. The molecule has 7 nitrogen and oxygen atoms in total. The number of H-pyrrole nitrogens is 2. The highest BCUT2D eigenvalue weighted by Gasteiger charge is 2.51. The van der Waals surface area contributed by atoms with Gasteiger partial charge in [-0.1, -0.05) is 0 Å². The molecule has 2 rings (SSSR count). The van der Waals surface area contributed by atoms with Crippen molar-refractivity contribution in [1.29, 1.82) is 0 Å². The standard InChI is InChI=1S/C8H9N3O4/c12-5(4-3-9-7(15)10-4)11-8(1-2-8)6(13)14/h3H,1-2H2,(H,11,12)(H,13,14)(H2,9,10,15). The Balaban J connectivity index is 2.11. The molecule has 0 saturated heterocycles. The Hall–Kier alpha value is -2.05. The number of nitrogens with one attached hydrogen (secondary N) is 3. The van der Waals surface area contributed by atoms with Crippen molar-refractivity contribution in [2.75, 3.05) is 0 Å². The second-order valence-corrected chi connectivity index (χ2v) is 3.50. The van der Waals surface area contributed by atoms with Crippen LogP contribution in [0.25, 0.3) is 0 Å². The quantitative estimate of drug-likeness (QED) is 0.515. The summed E-state index contributed by atoms with van der Waals surface area (Å²) in [5.41, 5.74) is -1.60. The van der Waals surface area contributed by atoms with E-state index in [4.69, 9.17) is 5.11 Å². The largest absolute Gasteiger partial charge is 0.480 e. The Morgan fingerprint density at radius 2 is 2.13 bits per heavy atom. The molecule has 0 spiro atoms. The van der Waals surface area contributed by atoms with Gasteiger partial charge in [-0.3, -0.25) is 4.79 Å². The number of aliphatic carboxylic acids is 1. The zero-order chi connectivity index (χ0) is 11.1. The van der Waals surface area contributed by atoms with Crippen molar-refractivity contribution in [3.8, 4) is 0 Å². The molecule has 0 unspecified atom stereocenters. The number of aromatic amines is 2. The summed E-state index contributed by atoms with van der Waals surface area (Å²) in [5.74, 6) is -1.64. The van der Waals surface area contributed by atoms with Crippen LogP contribution in [0.4, 0.5) is 0 Å². The van der Waals surface area contributed by atoms with Gasteiger partial charge in [-0.05, 0) is 12.8 Å². The molecule has 80 valence electrons. The third-order valence-electron chi connectivity index (χ3n) is 2.35. The zero-order valence-electron chi connectivity index (χ0n) is 7.66. The van der Waals surface area contributed by atoms with Crippen molar-refractivity contribution in [1.82, 2.24) is 15.3 Å². The van der Waals surface area contributed by atoms with Gasteiger partial charge in [-0.15, -0.1) is 0 Å². The monoisotopic (exact) mass is 211 g/mol. The predicted octanol–water partition coefficient (Wildman–Crippen LogP) is -0.950. The van der Waals surface area contributed by atoms with Crippen molar-refractivity contribution in [3.05, 3.63) is 22.4 Å². The fourth-order valence-corrected chi connectivity index (χ4v) is 1.26. The van der Waals surface area contributed by atoms with Crippen LogP contribution in [0.3, 0.4) is 0 Å². The van der Waals surface area contributed by atoms with Crippen LogP contribution >= 0.6 is 0 Å². The minimum absolute atomic E-state index is 0.0347. The summed E-state index contributed by atoms with van der Waals surface area (Å²) in [7, 11) is 0. The Kier molecular flexibility index (Phi) is 1.88. The third-order valence-corrected chi connectivity index (χ3v) is 2.35. The number of carbonyl (C=O) groups is 2. The number of aromatic nitrogens is 2. The van der Waals surface area contributed by atoms with Gasteiger partial charge in [0.2, 0.25) is 0 Å². The highest BCUT2D eigenvalue weighted by atomic mass is 16.4. The molecule has 15 heavy (non-hydrogen) atoms. The summed E-state index contributed by atoms with van der Waals surface area (Å²) in [6, 6.07) is 0. The van der Waals surface area contributed by atoms with Crippen molar-refractivity contribution < 1.29 is 14.7 Å². The lowest BCUT2D eigenvalue weighted by atomic mass is 10.2. The molecule has 0 radical (unpaired) electrons. The van der Waals surface area contributed by atoms with E-state index in [0.29, 0.717) is 12.8 Å². The van der Waals surface area contributed by atoms with Gasteiger partial charge in [0.25, 0.3) is 5.91 Å². The average Bonchev–Trinajstić information content (AvgIpc) is 2.82. The van der Waals surface area contributed by atoms with E-state index in [9.17, 15) is 14.4 Å². The number of imidazole rings is 1. The molecular weight excluding hydrogens is 202 g/mol. The number of carboxylic acid groups (broad SMARTS) is 1. The molecule has 1 amide bonds. The van der Waals surface area contributed by atoms with Crippen LogP contribution in [-0.4, -0.2) is 32.5 Å². The number of hydrogen-bond donors (Lipinski definition) is 4. The van der Waals surface area contributed by atoms with E-state index in [0.717, 1.165) is 0 Å². The van der Waals surface area contributed by atoms with E-state index in [1.807, 2.05) is 0 Å². The smallest absolute Gasteiger partial charge is 0.329 e. The molecule has 4 N–H and O–H groups in total. The topological polar surface area (TPSA) is 115 Å². The first-order valence-corrected chi connectivity index (χ1v) is 4.37. The van der Waals surface area contributed by atoms with Crippen LogP contribution in [0.5, 0.6) is 0 Å². The molecule has 0 atom stereocenters. The molecule has 1 heterocycles. The van der Waals surface area contributed by atoms with Crippen LogP contribution in [0.1, 0.15) is 23.3 Å². The van der Waals surface area contributed by atoms with E-state index in [1.54, 1.807) is 0 Å². The summed E-state index contributed by atoms with van der Waals surface area (Å²) in [4.78, 5) is 37.4. The number of carbonyl (C=O) groups excluding carboxylic acids is 1. The van der Waals surface area contributed by atoms with Crippen LogP contribution in [-0.2, 0) is 4.79 Å². The normalized spacial score (nSPS) is 17.1. The first kappa shape index (κ1) is 9.50. The van der Waals surface area contributed by atoms with Gasteiger partial charge in [0, 0.05) is 6.20 Å². The van der Waals surface area contributed by atoms with Crippen molar-refractivity contribution in [2.45, 2.75) is 18.4 Å². The maximum Gasteiger partial charge on any atom is 0.329 e. The molecule has 0 bridgehead atoms. The Bertz CT molecular complexity index is 468. The van der Waals surface area contributed by atoms with E-state index < -0.39 is 23.1 Å². The highest BCUT2D eigenvalue weighted by Crippen LogP contribution is 2.35. The molecular formula is C8H9N3O4. The second kappa shape index (κ2) is 2.97. The van der Waals surface area contributed by atoms with Crippen LogP contribution in [0.2, 0.25) is 0 Å². The van der Waals surface area contributed by atoms with Gasteiger partial charge >= 0.3 is 11.7 Å². The molecule has 1 aromatic heterocycles. The minimum atomic E-state index is -1.13. The summed E-state index contributed by atoms with van der Waals surface area (Å²) in [6.45, 7) is 0. The lowest BCUT2D eigenvalue weighted by molar-refractivity contribution is -0.140. The molecule has 1 saturated carbocycles. The molecule has 1 aromatic rings. The SMILES string of the molecule is O=C(NC1(C(=O)O)CC1)c1c[nH]c(=O)[nH]1. The Morgan fingerprint density at radius 3 is 2.53 bits per heavy atom. The second-order valence-electron chi connectivity index (χ2n) is 3.50. The van der Waals surface area contributed by atoms with Gasteiger partial charge < -0.3 is 20.4 Å². The third kappa shape index (κ3) is 1.63. The maximum absolute atomic E-state index is 11.5. The number of hydrogen-bond acceptors (Lipinski definition) is 3. The summed E-state index contributed by atoms with van der Waals surface area (Å²) < 4.78 is 0. The Labute approximate surface area is 83.5 Å². The number of amides is 1. The number of carboxylic acids is 1.